The summed E-state index contributed by atoms with van der Waals surface area (Å²) in [6.07, 6.45) is 1.36. The summed E-state index contributed by atoms with van der Waals surface area (Å²) in [7, 11) is 4.07. The molecule has 1 rings (SSSR count). The van der Waals surface area contributed by atoms with E-state index in [1.165, 1.54) is 0 Å². The van der Waals surface area contributed by atoms with Crippen LogP contribution in [-0.4, -0.2) is 37.5 Å². The fourth-order valence-electron chi connectivity index (χ4n) is 1.95. The summed E-state index contributed by atoms with van der Waals surface area (Å²) in [5.74, 6) is 0.0622. The second kappa shape index (κ2) is 7.92. The lowest BCUT2D eigenvalue weighted by molar-refractivity contribution is -0.121. The third-order valence-corrected chi connectivity index (χ3v) is 3.11. The topological polar surface area (TPSA) is 58.4 Å². The van der Waals surface area contributed by atoms with Gasteiger partial charge in [0.2, 0.25) is 5.91 Å². The Labute approximate surface area is 116 Å². The number of hydrogen-bond acceptors (Lipinski definition) is 3. The van der Waals surface area contributed by atoms with Gasteiger partial charge in [-0.25, -0.2) is 0 Å². The molecule has 3 N–H and O–H groups in total. The third kappa shape index (κ3) is 5.85. The highest BCUT2D eigenvalue weighted by Gasteiger charge is 2.10. The third-order valence-electron chi connectivity index (χ3n) is 3.11. The minimum Gasteiger partial charge on any atom is -0.353 e. The molecule has 4 heteroatoms. The van der Waals surface area contributed by atoms with Crippen molar-refractivity contribution in [3.8, 4) is 0 Å². The number of carbonyl (C=O) groups is 1. The van der Waals surface area contributed by atoms with E-state index in [0.29, 0.717) is 13.0 Å². The molecule has 0 saturated heterocycles. The van der Waals surface area contributed by atoms with Crippen LogP contribution in [0.3, 0.4) is 0 Å². The van der Waals surface area contributed by atoms with Crippen LogP contribution in [0.5, 0.6) is 0 Å². The molecule has 4 nitrogen and oxygen atoms in total. The number of nitrogens with one attached hydrogen (secondary N) is 1. The molecule has 19 heavy (non-hydrogen) atoms. The van der Waals surface area contributed by atoms with Crippen molar-refractivity contribution >= 4 is 5.91 Å². The highest BCUT2D eigenvalue weighted by Crippen LogP contribution is 2.08. The molecule has 106 valence electrons. The second-order valence-electron chi connectivity index (χ2n) is 5.21. The van der Waals surface area contributed by atoms with Crippen LogP contribution in [0.25, 0.3) is 0 Å². The van der Waals surface area contributed by atoms with E-state index >= 15 is 0 Å². The van der Waals surface area contributed by atoms with Crippen LogP contribution in [0.1, 0.15) is 24.5 Å². The van der Waals surface area contributed by atoms with Crippen molar-refractivity contribution in [1.82, 2.24) is 10.2 Å². The lowest BCUT2D eigenvalue weighted by atomic mass is 10.0. The molecule has 0 aliphatic carbocycles. The maximum absolute atomic E-state index is 12.0. The van der Waals surface area contributed by atoms with Gasteiger partial charge in [-0.15, -0.1) is 0 Å². The van der Waals surface area contributed by atoms with Crippen molar-refractivity contribution in [3.05, 3.63) is 35.4 Å². The van der Waals surface area contributed by atoms with E-state index in [4.69, 9.17) is 5.73 Å². The minimum absolute atomic E-state index is 0.0622. The van der Waals surface area contributed by atoms with Gasteiger partial charge in [0.05, 0.1) is 6.42 Å². The summed E-state index contributed by atoms with van der Waals surface area (Å²) in [4.78, 5) is 14.1. The molecular weight excluding hydrogens is 238 g/mol. The van der Waals surface area contributed by atoms with E-state index in [1.807, 2.05) is 45.3 Å². The van der Waals surface area contributed by atoms with Gasteiger partial charge in [-0.3, -0.25) is 4.79 Å². The number of carbonyl (C=O) groups excluding carboxylic acids is 1. The molecule has 0 bridgehead atoms. The fraction of sp³-hybridized carbons (Fsp3) is 0.533. The van der Waals surface area contributed by atoms with Crippen molar-refractivity contribution < 1.29 is 4.79 Å². The highest BCUT2D eigenvalue weighted by atomic mass is 16.1. The van der Waals surface area contributed by atoms with Crippen LogP contribution in [-0.2, 0) is 17.8 Å². The molecule has 1 atom stereocenters. The lowest BCUT2D eigenvalue weighted by Crippen LogP contribution is -2.35. The first-order chi connectivity index (χ1) is 9.02. The SMILES string of the molecule is CC(CCN(C)C)NC(=O)Cc1ccccc1CN. The molecule has 0 heterocycles. The molecule has 1 unspecified atom stereocenters. The first-order valence-electron chi connectivity index (χ1n) is 6.74. The Morgan fingerprint density at radius 2 is 1.95 bits per heavy atom. The first kappa shape index (κ1) is 15.7. The average Bonchev–Trinajstić information content (AvgIpc) is 2.37. The second-order valence-corrected chi connectivity index (χ2v) is 5.21. The molecule has 0 aromatic heterocycles. The summed E-state index contributed by atoms with van der Waals surface area (Å²) in [6, 6.07) is 8.02. The van der Waals surface area contributed by atoms with Gasteiger partial charge in [0, 0.05) is 12.6 Å². The Morgan fingerprint density at radius 1 is 1.32 bits per heavy atom. The monoisotopic (exact) mass is 263 g/mol. The Hall–Kier alpha value is -1.39. The number of benzene rings is 1. The van der Waals surface area contributed by atoms with Crippen LogP contribution >= 0.6 is 0 Å². The molecule has 1 amide bonds. The van der Waals surface area contributed by atoms with Gasteiger partial charge < -0.3 is 16.0 Å². The fourth-order valence-corrected chi connectivity index (χ4v) is 1.95. The molecule has 1 aromatic rings. The number of amides is 1. The van der Waals surface area contributed by atoms with Gasteiger partial charge >= 0.3 is 0 Å². The Balaban J connectivity index is 2.46. The van der Waals surface area contributed by atoms with Gasteiger partial charge in [-0.05, 0) is 45.1 Å². The van der Waals surface area contributed by atoms with E-state index in [1.54, 1.807) is 0 Å². The van der Waals surface area contributed by atoms with Gasteiger partial charge in [0.15, 0.2) is 0 Å². The molecule has 0 saturated carbocycles. The Morgan fingerprint density at radius 3 is 2.53 bits per heavy atom. The van der Waals surface area contributed by atoms with Gasteiger partial charge in [-0.2, -0.15) is 0 Å². The van der Waals surface area contributed by atoms with E-state index in [2.05, 4.69) is 10.2 Å². The van der Waals surface area contributed by atoms with Crippen molar-refractivity contribution in [2.75, 3.05) is 20.6 Å². The van der Waals surface area contributed by atoms with Gasteiger partial charge in [0.25, 0.3) is 0 Å². The van der Waals surface area contributed by atoms with Gasteiger partial charge in [-0.1, -0.05) is 24.3 Å². The Bertz CT molecular complexity index is 404. The van der Waals surface area contributed by atoms with Crippen molar-refractivity contribution in [2.45, 2.75) is 32.4 Å². The number of nitrogens with two attached hydrogens (primary N) is 1. The van der Waals surface area contributed by atoms with E-state index in [9.17, 15) is 4.79 Å². The normalized spacial score (nSPS) is 12.5. The molecule has 0 spiro atoms. The number of rotatable bonds is 7. The van der Waals surface area contributed by atoms with E-state index in [0.717, 1.165) is 24.1 Å². The highest BCUT2D eigenvalue weighted by molar-refractivity contribution is 5.79. The zero-order chi connectivity index (χ0) is 14.3. The lowest BCUT2D eigenvalue weighted by Gasteiger charge is -2.17. The summed E-state index contributed by atoms with van der Waals surface area (Å²) in [5, 5.41) is 3.03. The van der Waals surface area contributed by atoms with Crippen LogP contribution in [0.2, 0.25) is 0 Å². The van der Waals surface area contributed by atoms with Gasteiger partial charge in [0.1, 0.15) is 0 Å². The Kier molecular flexibility index (Phi) is 6.53. The first-order valence-corrected chi connectivity index (χ1v) is 6.74. The average molecular weight is 263 g/mol. The van der Waals surface area contributed by atoms with Crippen LogP contribution in [0, 0.1) is 0 Å². The molecule has 0 aliphatic rings. The van der Waals surface area contributed by atoms with Crippen LogP contribution in [0.4, 0.5) is 0 Å². The molecule has 0 fully saturated rings. The summed E-state index contributed by atoms with van der Waals surface area (Å²) < 4.78 is 0. The number of hydrogen-bond donors (Lipinski definition) is 2. The zero-order valence-electron chi connectivity index (χ0n) is 12.1. The largest absolute Gasteiger partial charge is 0.353 e. The summed E-state index contributed by atoms with van der Waals surface area (Å²) >= 11 is 0. The standard InChI is InChI=1S/C15H25N3O/c1-12(8-9-18(2)3)17-15(19)10-13-6-4-5-7-14(13)11-16/h4-7,12H,8-11,16H2,1-3H3,(H,17,19). The van der Waals surface area contributed by atoms with Crippen LogP contribution < -0.4 is 11.1 Å². The molecule has 0 aliphatic heterocycles. The molecular formula is C15H25N3O. The predicted molar refractivity (Wildman–Crippen MR) is 78.8 cm³/mol. The number of nitrogens with zero attached hydrogens (tertiary/aromatic N) is 1. The maximum Gasteiger partial charge on any atom is 0.224 e. The predicted octanol–water partition coefficient (Wildman–Crippen LogP) is 1.14. The van der Waals surface area contributed by atoms with E-state index in [-0.39, 0.29) is 11.9 Å². The summed E-state index contributed by atoms with van der Waals surface area (Å²) in [6.45, 7) is 3.48. The zero-order valence-corrected chi connectivity index (χ0v) is 12.1. The van der Waals surface area contributed by atoms with Crippen molar-refractivity contribution in [2.24, 2.45) is 5.73 Å². The quantitative estimate of drug-likeness (QED) is 0.775. The van der Waals surface area contributed by atoms with E-state index < -0.39 is 0 Å². The molecule has 0 radical (unpaired) electrons. The van der Waals surface area contributed by atoms with Crippen molar-refractivity contribution in [3.63, 3.8) is 0 Å². The van der Waals surface area contributed by atoms with Crippen LogP contribution in [0.15, 0.2) is 24.3 Å². The molecule has 1 aromatic carbocycles. The smallest absolute Gasteiger partial charge is 0.224 e. The minimum atomic E-state index is 0.0622. The van der Waals surface area contributed by atoms with Crippen molar-refractivity contribution in [1.29, 1.82) is 0 Å². The summed E-state index contributed by atoms with van der Waals surface area (Å²) in [5.41, 5.74) is 7.73. The maximum atomic E-state index is 12.0.